The summed E-state index contributed by atoms with van der Waals surface area (Å²) in [5, 5.41) is 12.0. The molecule has 20 heavy (non-hydrogen) atoms. The Morgan fingerprint density at radius 3 is 2.50 bits per heavy atom. The van der Waals surface area contributed by atoms with Crippen molar-refractivity contribution in [3.63, 3.8) is 0 Å². The van der Waals surface area contributed by atoms with E-state index in [9.17, 15) is 4.79 Å². The molecule has 0 saturated heterocycles. The summed E-state index contributed by atoms with van der Waals surface area (Å²) in [5.74, 6) is 0.588. The van der Waals surface area contributed by atoms with E-state index in [0.29, 0.717) is 26.0 Å². The first-order valence-electron chi connectivity index (χ1n) is 7.33. The van der Waals surface area contributed by atoms with Crippen LogP contribution in [-0.2, 0) is 9.53 Å². The van der Waals surface area contributed by atoms with E-state index >= 15 is 0 Å². The molecule has 0 radical (unpaired) electrons. The quantitative estimate of drug-likeness (QED) is 0.220. The van der Waals surface area contributed by atoms with Crippen LogP contribution in [0.2, 0.25) is 0 Å². The maximum Gasteiger partial charge on any atom is 0.236 e. The third kappa shape index (κ3) is 3.85. The van der Waals surface area contributed by atoms with Crippen molar-refractivity contribution in [1.82, 2.24) is 4.90 Å². The van der Waals surface area contributed by atoms with E-state index in [1.54, 1.807) is 11.9 Å². The number of hydrogen-bond acceptors (Lipinski definition) is 4. The van der Waals surface area contributed by atoms with Crippen LogP contribution in [0.15, 0.2) is 5.16 Å². The van der Waals surface area contributed by atoms with Gasteiger partial charge in [-0.3, -0.25) is 4.79 Å². The molecule has 0 aromatic heterocycles. The second-order valence-electron chi connectivity index (χ2n) is 5.52. The van der Waals surface area contributed by atoms with E-state index in [2.05, 4.69) is 5.16 Å². The molecule has 0 bridgehead atoms. The Morgan fingerprint density at radius 2 is 2.05 bits per heavy atom. The summed E-state index contributed by atoms with van der Waals surface area (Å²) < 4.78 is 5.54. The van der Waals surface area contributed by atoms with E-state index in [1.807, 2.05) is 13.8 Å². The van der Waals surface area contributed by atoms with Crippen molar-refractivity contribution < 1.29 is 14.7 Å². The fourth-order valence-corrected chi connectivity index (χ4v) is 2.32. The van der Waals surface area contributed by atoms with Crippen molar-refractivity contribution >= 4 is 11.7 Å². The van der Waals surface area contributed by atoms with Crippen LogP contribution >= 0.6 is 0 Å². The average molecular weight is 285 g/mol. The summed E-state index contributed by atoms with van der Waals surface area (Å²) in [6, 6.07) is 0. The largest absolute Gasteiger partial charge is 0.409 e. The Kier molecular flexibility index (Phi) is 6.26. The zero-order valence-electron chi connectivity index (χ0n) is 12.8. The summed E-state index contributed by atoms with van der Waals surface area (Å²) >= 11 is 0. The van der Waals surface area contributed by atoms with Gasteiger partial charge < -0.3 is 20.6 Å². The van der Waals surface area contributed by atoms with Crippen LogP contribution in [-0.4, -0.2) is 48.7 Å². The van der Waals surface area contributed by atoms with Crippen LogP contribution in [0.5, 0.6) is 0 Å². The smallest absolute Gasteiger partial charge is 0.236 e. The molecule has 1 rings (SSSR count). The van der Waals surface area contributed by atoms with E-state index in [4.69, 9.17) is 15.7 Å². The molecule has 6 heteroatoms. The highest BCUT2D eigenvalue weighted by Crippen LogP contribution is 2.30. The lowest BCUT2D eigenvalue weighted by atomic mass is 9.79. The normalized spacial score (nSPS) is 16.2. The van der Waals surface area contributed by atoms with Gasteiger partial charge >= 0.3 is 0 Å². The van der Waals surface area contributed by atoms with Gasteiger partial charge in [-0.05, 0) is 31.6 Å². The van der Waals surface area contributed by atoms with Gasteiger partial charge in [0.1, 0.15) is 5.41 Å². The summed E-state index contributed by atoms with van der Waals surface area (Å²) in [6.45, 7) is 5.58. The first-order valence-corrected chi connectivity index (χ1v) is 7.33. The van der Waals surface area contributed by atoms with Crippen molar-refractivity contribution in [2.45, 2.75) is 39.5 Å². The molecule has 1 aliphatic carbocycles. The summed E-state index contributed by atoms with van der Waals surface area (Å²) in [4.78, 5) is 14.2. The van der Waals surface area contributed by atoms with E-state index < -0.39 is 5.41 Å². The van der Waals surface area contributed by atoms with Crippen LogP contribution in [0, 0.1) is 11.3 Å². The molecule has 1 aliphatic rings. The lowest BCUT2D eigenvalue weighted by Crippen LogP contribution is -2.50. The average Bonchev–Trinajstić information content (AvgIpc) is 3.28. The Hall–Kier alpha value is -1.30. The molecular weight excluding hydrogens is 258 g/mol. The topological polar surface area (TPSA) is 88.2 Å². The maximum absolute atomic E-state index is 12.6. The molecule has 0 atom stereocenters. The summed E-state index contributed by atoms with van der Waals surface area (Å²) in [6.07, 6.45) is 3.52. The number of amides is 1. The van der Waals surface area contributed by atoms with Crippen LogP contribution in [0.4, 0.5) is 0 Å². The van der Waals surface area contributed by atoms with Crippen LogP contribution in [0.25, 0.3) is 0 Å². The van der Waals surface area contributed by atoms with Gasteiger partial charge in [0, 0.05) is 20.2 Å². The minimum absolute atomic E-state index is 0.0155. The monoisotopic (exact) mass is 285 g/mol. The number of carbonyl (C=O) groups excluding carboxylic acids is 1. The Balaban J connectivity index is 2.53. The van der Waals surface area contributed by atoms with Gasteiger partial charge in [-0.1, -0.05) is 19.0 Å². The first-order chi connectivity index (χ1) is 9.51. The van der Waals surface area contributed by atoms with Crippen molar-refractivity contribution in [3.05, 3.63) is 0 Å². The molecule has 1 fully saturated rings. The van der Waals surface area contributed by atoms with Gasteiger partial charge in [-0.15, -0.1) is 0 Å². The first kappa shape index (κ1) is 16.8. The number of oxime groups is 1. The molecule has 0 unspecified atom stereocenters. The molecule has 0 aromatic rings. The number of rotatable bonds is 9. The highest BCUT2D eigenvalue weighted by Gasteiger charge is 2.41. The predicted octanol–water partition coefficient (Wildman–Crippen LogP) is 1.42. The predicted molar refractivity (Wildman–Crippen MR) is 77.6 cm³/mol. The molecule has 3 N–H and O–H groups in total. The summed E-state index contributed by atoms with van der Waals surface area (Å²) in [7, 11) is 1.73. The van der Waals surface area contributed by atoms with Crippen LogP contribution in [0.1, 0.15) is 39.5 Å². The fraction of sp³-hybridized carbons (Fsp3) is 0.857. The van der Waals surface area contributed by atoms with Crippen LogP contribution < -0.4 is 5.73 Å². The minimum atomic E-state index is -0.917. The van der Waals surface area contributed by atoms with Gasteiger partial charge in [-0.2, -0.15) is 0 Å². The van der Waals surface area contributed by atoms with Gasteiger partial charge in [-0.25, -0.2) is 0 Å². The van der Waals surface area contributed by atoms with Gasteiger partial charge in [0.2, 0.25) is 5.91 Å². The lowest BCUT2D eigenvalue weighted by molar-refractivity contribution is -0.138. The number of nitrogens with zero attached hydrogens (tertiary/aromatic N) is 2. The van der Waals surface area contributed by atoms with Crippen molar-refractivity contribution in [1.29, 1.82) is 0 Å². The zero-order valence-corrected chi connectivity index (χ0v) is 12.8. The minimum Gasteiger partial charge on any atom is -0.409 e. The molecule has 0 aliphatic heterocycles. The van der Waals surface area contributed by atoms with Gasteiger partial charge in [0.15, 0.2) is 5.84 Å². The number of ether oxygens (including phenoxy) is 1. The molecule has 6 nitrogen and oxygen atoms in total. The van der Waals surface area contributed by atoms with Crippen LogP contribution in [0.3, 0.4) is 0 Å². The van der Waals surface area contributed by atoms with Crippen molar-refractivity contribution in [2.24, 2.45) is 22.2 Å². The maximum atomic E-state index is 12.6. The van der Waals surface area contributed by atoms with E-state index in [0.717, 1.165) is 12.5 Å². The second kappa shape index (κ2) is 7.47. The van der Waals surface area contributed by atoms with Crippen molar-refractivity contribution in [3.8, 4) is 0 Å². The Morgan fingerprint density at radius 1 is 1.45 bits per heavy atom. The molecule has 1 amide bonds. The standard InChI is InChI=1S/C14H27N3O3/c1-4-14(5-2,12(15)16-19)13(18)17(3)8-9-20-10-11-6-7-11/h11,19H,4-10H2,1-3H3,(H2,15,16). The zero-order chi connectivity index (χ0) is 15.2. The highest BCUT2D eigenvalue weighted by atomic mass is 16.5. The third-order valence-electron chi connectivity index (χ3n) is 4.18. The SMILES string of the molecule is CCC(CC)(C(=O)N(C)CCOCC1CC1)C(N)=NO. The van der Waals surface area contributed by atoms with Gasteiger partial charge in [0.25, 0.3) is 0 Å². The van der Waals surface area contributed by atoms with Crippen molar-refractivity contribution in [2.75, 3.05) is 26.8 Å². The summed E-state index contributed by atoms with van der Waals surface area (Å²) in [5.41, 5.74) is 4.82. The Bertz CT molecular complexity index is 350. The number of likely N-dealkylation sites (N-methyl/N-ethyl adjacent to an activating group) is 1. The number of nitrogens with two attached hydrogens (primary N) is 1. The van der Waals surface area contributed by atoms with Gasteiger partial charge in [0.05, 0.1) is 6.61 Å². The highest BCUT2D eigenvalue weighted by molar-refractivity contribution is 6.06. The third-order valence-corrected chi connectivity index (χ3v) is 4.18. The molecule has 116 valence electrons. The lowest BCUT2D eigenvalue weighted by Gasteiger charge is -2.33. The molecule has 0 heterocycles. The molecule has 1 saturated carbocycles. The number of carbonyl (C=O) groups is 1. The molecule has 0 aromatic carbocycles. The van der Waals surface area contributed by atoms with E-state index in [1.165, 1.54) is 12.8 Å². The van der Waals surface area contributed by atoms with E-state index in [-0.39, 0.29) is 11.7 Å². The Labute approximate surface area is 120 Å². The fourth-order valence-electron chi connectivity index (χ4n) is 2.32. The molecule has 0 spiro atoms. The second-order valence-corrected chi connectivity index (χ2v) is 5.52. The number of hydrogen-bond donors (Lipinski definition) is 2. The molecular formula is C14H27N3O3. The number of amidine groups is 1.